The van der Waals surface area contributed by atoms with E-state index in [1.807, 2.05) is 0 Å². The van der Waals surface area contributed by atoms with Crippen LogP contribution in [0.2, 0.25) is 0 Å². The van der Waals surface area contributed by atoms with Gasteiger partial charge >= 0.3 is 0 Å². The Morgan fingerprint density at radius 3 is 2.77 bits per heavy atom. The summed E-state index contributed by atoms with van der Waals surface area (Å²) >= 11 is 0. The van der Waals surface area contributed by atoms with Gasteiger partial charge in [-0.2, -0.15) is 0 Å². The third kappa shape index (κ3) is 1.62. The molecule has 1 N–H and O–H groups in total. The van der Waals surface area contributed by atoms with Crippen LogP contribution in [0, 0.1) is 17.3 Å². The minimum absolute atomic E-state index is 0.380. The smallest absolute Gasteiger partial charge is 0.0603 e. The number of aliphatic hydroxyl groups excluding tert-OH is 1. The zero-order valence-corrected chi connectivity index (χ0v) is 8.62. The molecule has 3 unspecified atom stereocenters. The summed E-state index contributed by atoms with van der Waals surface area (Å²) in [6.07, 6.45) is 4.01. The molecule has 2 heteroatoms. The summed E-state index contributed by atoms with van der Waals surface area (Å²) in [5.74, 6) is 1.20. The van der Waals surface area contributed by atoms with E-state index < -0.39 is 0 Å². The van der Waals surface area contributed by atoms with E-state index in [-0.39, 0.29) is 0 Å². The fraction of sp³-hybridized carbons (Fsp3) is 1.00. The molecule has 2 fully saturated rings. The molecule has 1 aliphatic heterocycles. The lowest BCUT2D eigenvalue weighted by Crippen LogP contribution is -2.31. The van der Waals surface area contributed by atoms with Crippen molar-refractivity contribution in [3.05, 3.63) is 0 Å². The first-order chi connectivity index (χ1) is 6.18. The minimum Gasteiger partial charge on any atom is -0.396 e. The maximum atomic E-state index is 9.11. The molecule has 2 nitrogen and oxygen atoms in total. The normalized spacial score (nSPS) is 44.3. The molecular weight excluding hydrogens is 164 g/mol. The maximum absolute atomic E-state index is 9.11. The molecule has 1 saturated carbocycles. The van der Waals surface area contributed by atoms with Gasteiger partial charge in [0.25, 0.3) is 0 Å². The number of ether oxygens (including phenoxy) is 1. The van der Waals surface area contributed by atoms with Gasteiger partial charge in [0.05, 0.1) is 6.10 Å². The Labute approximate surface area is 80.3 Å². The molecule has 0 radical (unpaired) electrons. The van der Waals surface area contributed by atoms with Crippen molar-refractivity contribution in [2.45, 2.75) is 39.2 Å². The maximum Gasteiger partial charge on any atom is 0.0603 e. The van der Waals surface area contributed by atoms with Crippen LogP contribution < -0.4 is 0 Å². The molecule has 76 valence electrons. The van der Waals surface area contributed by atoms with Gasteiger partial charge in [-0.05, 0) is 36.5 Å². The van der Waals surface area contributed by atoms with Crippen molar-refractivity contribution in [1.29, 1.82) is 0 Å². The first kappa shape index (κ1) is 9.47. The average molecular weight is 184 g/mol. The van der Waals surface area contributed by atoms with E-state index in [0.29, 0.717) is 30.0 Å². The van der Waals surface area contributed by atoms with E-state index >= 15 is 0 Å². The summed E-state index contributed by atoms with van der Waals surface area (Å²) in [6.45, 7) is 5.73. The average Bonchev–Trinajstić information content (AvgIpc) is 2.78. The molecule has 1 saturated heterocycles. The van der Waals surface area contributed by atoms with Crippen molar-refractivity contribution in [1.82, 2.24) is 0 Å². The van der Waals surface area contributed by atoms with Gasteiger partial charge in [-0.3, -0.25) is 0 Å². The number of aliphatic hydroxyl groups is 1. The number of rotatable bonds is 2. The zero-order chi connectivity index (χ0) is 9.47. The van der Waals surface area contributed by atoms with Gasteiger partial charge in [0.15, 0.2) is 0 Å². The first-order valence-electron chi connectivity index (χ1n) is 5.40. The van der Waals surface area contributed by atoms with Gasteiger partial charge in [-0.25, -0.2) is 0 Å². The van der Waals surface area contributed by atoms with Gasteiger partial charge in [0.2, 0.25) is 0 Å². The fourth-order valence-corrected chi connectivity index (χ4v) is 2.65. The topological polar surface area (TPSA) is 29.5 Å². The second kappa shape index (κ2) is 3.25. The van der Waals surface area contributed by atoms with Crippen molar-refractivity contribution in [3.8, 4) is 0 Å². The summed E-state index contributed by atoms with van der Waals surface area (Å²) < 4.78 is 5.73. The van der Waals surface area contributed by atoms with Crippen LogP contribution in [-0.4, -0.2) is 24.4 Å². The van der Waals surface area contributed by atoms with Gasteiger partial charge in [-0.1, -0.05) is 13.8 Å². The van der Waals surface area contributed by atoms with E-state index in [1.165, 1.54) is 19.3 Å². The Hall–Kier alpha value is -0.0800. The Morgan fingerprint density at radius 2 is 2.23 bits per heavy atom. The Kier molecular flexibility index (Phi) is 2.37. The molecule has 0 aromatic carbocycles. The van der Waals surface area contributed by atoms with Crippen molar-refractivity contribution in [2.24, 2.45) is 17.3 Å². The Morgan fingerprint density at radius 1 is 1.46 bits per heavy atom. The first-order valence-corrected chi connectivity index (χ1v) is 5.40. The Balaban J connectivity index is 1.94. The molecule has 1 heterocycles. The van der Waals surface area contributed by atoms with Gasteiger partial charge in [-0.15, -0.1) is 0 Å². The molecule has 2 aliphatic rings. The molecule has 1 spiro atoms. The summed E-state index contributed by atoms with van der Waals surface area (Å²) in [6, 6.07) is 0. The summed E-state index contributed by atoms with van der Waals surface area (Å²) in [7, 11) is 0. The monoisotopic (exact) mass is 184 g/mol. The van der Waals surface area contributed by atoms with Crippen LogP contribution in [0.15, 0.2) is 0 Å². The van der Waals surface area contributed by atoms with E-state index in [9.17, 15) is 0 Å². The minimum atomic E-state index is 0.380. The lowest BCUT2D eigenvalue weighted by atomic mass is 9.86. The predicted molar refractivity (Wildman–Crippen MR) is 51.4 cm³/mol. The van der Waals surface area contributed by atoms with E-state index in [0.717, 1.165) is 6.61 Å². The second-order valence-electron chi connectivity index (χ2n) is 5.05. The quantitative estimate of drug-likeness (QED) is 0.709. The van der Waals surface area contributed by atoms with Crippen LogP contribution in [0.4, 0.5) is 0 Å². The molecule has 1 aliphatic carbocycles. The molecule has 0 amide bonds. The molecule has 3 atom stereocenters. The highest BCUT2D eigenvalue weighted by molar-refractivity contribution is 5.04. The van der Waals surface area contributed by atoms with Crippen molar-refractivity contribution < 1.29 is 9.84 Å². The molecular formula is C11H20O2. The third-order valence-electron chi connectivity index (χ3n) is 3.86. The molecule has 0 aromatic rings. The van der Waals surface area contributed by atoms with Crippen LogP contribution >= 0.6 is 0 Å². The lowest BCUT2D eigenvalue weighted by Gasteiger charge is -2.32. The van der Waals surface area contributed by atoms with E-state index in [1.54, 1.807) is 0 Å². The van der Waals surface area contributed by atoms with Gasteiger partial charge < -0.3 is 9.84 Å². The Bertz CT molecular complexity index is 191. The van der Waals surface area contributed by atoms with Crippen LogP contribution in [0.3, 0.4) is 0 Å². The highest BCUT2D eigenvalue weighted by Crippen LogP contribution is 2.60. The third-order valence-corrected chi connectivity index (χ3v) is 3.86. The fourth-order valence-electron chi connectivity index (χ4n) is 2.65. The summed E-state index contributed by atoms with van der Waals surface area (Å²) in [5.41, 5.74) is 0.474. The van der Waals surface area contributed by atoms with Gasteiger partial charge in [0.1, 0.15) is 0 Å². The van der Waals surface area contributed by atoms with E-state index in [2.05, 4.69) is 13.8 Å². The predicted octanol–water partition coefficient (Wildman–Crippen LogP) is 1.82. The van der Waals surface area contributed by atoms with Crippen LogP contribution in [-0.2, 0) is 4.74 Å². The highest BCUT2D eigenvalue weighted by Gasteiger charge is 2.55. The van der Waals surface area contributed by atoms with Gasteiger partial charge in [0, 0.05) is 13.2 Å². The molecule has 0 aromatic heterocycles. The second-order valence-corrected chi connectivity index (χ2v) is 5.05. The molecule has 2 rings (SSSR count). The lowest BCUT2D eigenvalue weighted by molar-refractivity contribution is -0.0461. The van der Waals surface area contributed by atoms with Crippen molar-refractivity contribution in [2.75, 3.05) is 13.2 Å². The summed E-state index contributed by atoms with van der Waals surface area (Å²) in [5, 5.41) is 9.11. The molecule has 13 heavy (non-hydrogen) atoms. The number of hydrogen-bond acceptors (Lipinski definition) is 2. The number of hydrogen-bond donors (Lipinski definition) is 1. The van der Waals surface area contributed by atoms with Crippen molar-refractivity contribution in [3.63, 3.8) is 0 Å². The van der Waals surface area contributed by atoms with Crippen LogP contribution in [0.1, 0.15) is 33.1 Å². The standard InChI is InChI=1S/C11H20O2/c1-8(2)10-6-11(3-4-13-10)5-9(11)7-12/h8-10,12H,3-7H2,1-2H3. The summed E-state index contributed by atoms with van der Waals surface area (Å²) in [4.78, 5) is 0. The molecule has 0 bridgehead atoms. The zero-order valence-electron chi connectivity index (χ0n) is 8.62. The van der Waals surface area contributed by atoms with E-state index in [4.69, 9.17) is 9.84 Å². The van der Waals surface area contributed by atoms with Crippen molar-refractivity contribution >= 4 is 0 Å². The SMILES string of the molecule is CC(C)C1CC2(CCO1)CC2CO. The van der Waals surface area contributed by atoms with Crippen LogP contribution in [0.25, 0.3) is 0 Å². The highest BCUT2D eigenvalue weighted by atomic mass is 16.5. The largest absolute Gasteiger partial charge is 0.396 e. The van der Waals surface area contributed by atoms with Crippen LogP contribution in [0.5, 0.6) is 0 Å².